The van der Waals surface area contributed by atoms with Crippen molar-refractivity contribution in [2.24, 2.45) is 11.8 Å². The summed E-state index contributed by atoms with van der Waals surface area (Å²) in [6.45, 7) is 3.92. The van der Waals surface area contributed by atoms with Gasteiger partial charge in [-0.1, -0.05) is 19.3 Å². The molecule has 0 spiro atoms. The lowest BCUT2D eigenvalue weighted by molar-refractivity contribution is 0.0872. The van der Waals surface area contributed by atoms with Gasteiger partial charge in [0.1, 0.15) is 0 Å². The number of likely N-dealkylation sites (tertiary alicyclic amines) is 1. The van der Waals surface area contributed by atoms with E-state index in [0.717, 1.165) is 17.7 Å². The molecule has 2 heteroatoms. The van der Waals surface area contributed by atoms with Crippen molar-refractivity contribution in [3.8, 4) is 0 Å². The van der Waals surface area contributed by atoms with Crippen molar-refractivity contribution >= 4 is 11.6 Å². The van der Waals surface area contributed by atoms with Gasteiger partial charge in [-0.3, -0.25) is 0 Å². The van der Waals surface area contributed by atoms with E-state index in [2.05, 4.69) is 4.90 Å². The summed E-state index contributed by atoms with van der Waals surface area (Å²) >= 11 is 5.73. The summed E-state index contributed by atoms with van der Waals surface area (Å²) in [6, 6.07) is 0. The number of nitrogens with zero attached hydrogens (tertiary/aromatic N) is 1. The Morgan fingerprint density at radius 1 is 1.07 bits per heavy atom. The molecular weight excluding hydrogens is 194 g/mol. The first kappa shape index (κ1) is 10.8. The summed E-state index contributed by atoms with van der Waals surface area (Å²) in [6.07, 6.45) is 8.58. The molecule has 1 aliphatic carbocycles. The third-order valence-electron chi connectivity index (χ3n) is 3.98. The number of hydrogen-bond donors (Lipinski definition) is 0. The molecule has 1 heterocycles. The molecule has 1 nitrogen and oxygen atoms in total. The van der Waals surface area contributed by atoms with Crippen molar-refractivity contribution in [3.05, 3.63) is 0 Å². The highest BCUT2D eigenvalue weighted by molar-refractivity contribution is 6.17. The zero-order valence-corrected chi connectivity index (χ0v) is 9.81. The average molecular weight is 216 g/mol. The highest BCUT2D eigenvalue weighted by atomic mass is 35.5. The van der Waals surface area contributed by atoms with Crippen LogP contribution >= 0.6 is 11.6 Å². The Bertz CT molecular complexity index is 172. The third-order valence-corrected chi connectivity index (χ3v) is 4.25. The molecule has 82 valence electrons. The molecule has 2 rings (SSSR count). The van der Waals surface area contributed by atoms with E-state index in [1.165, 1.54) is 58.2 Å². The molecule has 0 amide bonds. The van der Waals surface area contributed by atoms with E-state index in [-0.39, 0.29) is 0 Å². The summed E-state index contributed by atoms with van der Waals surface area (Å²) in [5.41, 5.74) is 0. The van der Waals surface area contributed by atoms with Gasteiger partial charge in [0.25, 0.3) is 0 Å². The Kier molecular flexibility index (Phi) is 4.12. The minimum Gasteiger partial charge on any atom is -0.303 e. The van der Waals surface area contributed by atoms with Crippen LogP contribution in [-0.4, -0.2) is 30.4 Å². The number of fused-ring (bicyclic) bond motifs is 1. The molecule has 0 aromatic carbocycles. The molecule has 2 aliphatic rings. The van der Waals surface area contributed by atoms with Crippen LogP contribution in [0, 0.1) is 11.8 Å². The van der Waals surface area contributed by atoms with Gasteiger partial charge in [0.2, 0.25) is 0 Å². The fraction of sp³-hybridized carbons (Fsp3) is 1.00. The normalized spacial score (nSPS) is 34.1. The molecule has 0 radical (unpaired) electrons. The van der Waals surface area contributed by atoms with E-state index in [0.29, 0.717) is 0 Å². The Morgan fingerprint density at radius 3 is 2.64 bits per heavy atom. The summed E-state index contributed by atoms with van der Waals surface area (Å²) in [5.74, 6) is 2.91. The Morgan fingerprint density at radius 2 is 1.86 bits per heavy atom. The minimum absolute atomic E-state index is 0.824. The predicted octanol–water partition coefficient (Wildman–Crippen LogP) is 3.13. The Hall–Kier alpha value is 0.250. The number of alkyl halides is 1. The van der Waals surface area contributed by atoms with E-state index in [9.17, 15) is 0 Å². The lowest BCUT2D eigenvalue weighted by atomic mass is 9.75. The van der Waals surface area contributed by atoms with Gasteiger partial charge >= 0.3 is 0 Å². The molecule has 1 aliphatic heterocycles. The standard InChI is InChI=1S/C12H22ClN/c13-7-3-8-14-9-6-11-4-1-2-5-12(11)10-14/h11-12H,1-10H2. The molecule has 0 bridgehead atoms. The van der Waals surface area contributed by atoms with E-state index in [1.807, 2.05) is 0 Å². The molecule has 1 saturated heterocycles. The molecular formula is C12H22ClN. The first-order valence-electron chi connectivity index (χ1n) is 6.18. The fourth-order valence-corrected chi connectivity index (χ4v) is 3.28. The smallest absolute Gasteiger partial charge is 0.0235 e. The van der Waals surface area contributed by atoms with E-state index in [4.69, 9.17) is 11.6 Å². The summed E-state index contributed by atoms with van der Waals surface area (Å²) < 4.78 is 0. The zero-order chi connectivity index (χ0) is 9.80. The van der Waals surface area contributed by atoms with Crippen molar-refractivity contribution in [3.63, 3.8) is 0 Å². The Labute approximate surface area is 92.8 Å². The molecule has 14 heavy (non-hydrogen) atoms. The molecule has 2 atom stereocenters. The van der Waals surface area contributed by atoms with Crippen molar-refractivity contribution in [2.75, 3.05) is 25.5 Å². The van der Waals surface area contributed by atoms with Gasteiger partial charge in [0.05, 0.1) is 0 Å². The van der Waals surface area contributed by atoms with Crippen molar-refractivity contribution in [1.82, 2.24) is 4.90 Å². The number of rotatable bonds is 3. The van der Waals surface area contributed by atoms with E-state index < -0.39 is 0 Å². The monoisotopic (exact) mass is 215 g/mol. The number of halogens is 1. The second-order valence-electron chi connectivity index (χ2n) is 4.94. The van der Waals surface area contributed by atoms with Gasteiger partial charge in [-0.2, -0.15) is 0 Å². The van der Waals surface area contributed by atoms with Gasteiger partial charge in [-0.15, -0.1) is 11.6 Å². The molecule has 0 aromatic rings. The van der Waals surface area contributed by atoms with Crippen LogP contribution in [0.1, 0.15) is 38.5 Å². The second kappa shape index (κ2) is 5.37. The molecule has 1 saturated carbocycles. The maximum atomic E-state index is 5.73. The minimum atomic E-state index is 0.824. The van der Waals surface area contributed by atoms with Gasteiger partial charge in [0.15, 0.2) is 0 Å². The fourth-order valence-electron chi connectivity index (χ4n) is 3.16. The number of hydrogen-bond acceptors (Lipinski definition) is 1. The molecule has 2 fully saturated rings. The van der Waals surface area contributed by atoms with Gasteiger partial charge in [0, 0.05) is 12.4 Å². The summed E-state index contributed by atoms with van der Waals surface area (Å²) in [7, 11) is 0. The highest BCUT2D eigenvalue weighted by Gasteiger charge is 2.30. The van der Waals surface area contributed by atoms with Crippen molar-refractivity contribution < 1.29 is 0 Å². The van der Waals surface area contributed by atoms with Crippen LogP contribution in [0.5, 0.6) is 0 Å². The maximum absolute atomic E-state index is 5.73. The van der Waals surface area contributed by atoms with Gasteiger partial charge in [-0.25, -0.2) is 0 Å². The van der Waals surface area contributed by atoms with Crippen LogP contribution in [0.2, 0.25) is 0 Å². The highest BCUT2D eigenvalue weighted by Crippen LogP contribution is 2.35. The second-order valence-corrected chi connectivity index (χ2v) is 5.31. The largest absolute Gasteiger partial charge is 0.303 e. The first-order chi connectivity index (χ1) is 6.90. The average Bonchev–Trinajstić information content (AvgIpc) is 2.26. The summed E-state index contributed by atoms with van der Waals surface area (Å²) in [5, 5.41) is 0. The van der Waals surface area contributed by atoms with Crippen LogP contribution in [0.15, 0.2) is 0 Å². The van der Waals surface area contributed by atoms with Crippen LogP contribution in [-0.2, 0) is 0 Å². The molecule has 0 aromatic heterocycles. The van der Waals surface area contributed by atoms with E-state index >= 15 is 0 Å². The number of piperidine rings is 1. The van der Waals surface area contributed by atoms with Crippen LogP contribution < -0.4 is 0 Å². The topological polar surface area (TPSA) is 3.24 Å². The lowest BCUT2D eigenvalue weighted by Crippen LogP contribution is -2.42. The van der Waals surface area contributed by atoms with Gasteiger partial charge < -0.3 is 4.90 Å². The predicted molar refractivity (Wildman–Crippen MR) is 61.8 cm³/mol. The van der Waals surface area contributed by atoms with Crippen molar-refractivity contribution in [1.29, 1.82) is 0 Å². The molecule has 0 N–H and O–H groups in total. The Balaban J connectivity index is 1.77. The quantitative estimate of drug-likeness (QED) is 0.654. The lowest BCUT2D eigenvalue weighted by Gasteiger charge is -2.41. The van der Waals surface area contributed by atoms with Crippen LogP contribution in [0.3, 0.4) is 0 Å². The van der Waals surface area contributed by atoms with Crippen LogP contribution in [0.25, 0.3) is 0 Å². The molecule has 2 unspecified atom stereocenters. The maximum Gasteiger partial charge on any atom is 0.0235 e. The van der Waals surface area contributed by atoms with E-state index in [1.54, 1.807) is 0 Å². The SMILES string of the molecule is ClCCCN1CCC2CCCCC2C1. The van der Waals surface area contributed by atoms with Crippen LogP contribution in [0.4, 0.5) is 0 Å². The summed E-state index contributed by atoms with van der Waals surface area (Å²) in [4.78, 5) is 2.63. The zero-order valence-electron chi connectivity index (χ0n) is 9.05. The third kappa shape index (κ3) is 2.64. The first-order valence-corrected chi connectivity index (χ1v) is 6.72. The van der Waals surface area contributed by atoms with Gasteiger partial charge in [-0.05, 0) is 44.2 Å². The van der Waals surface area contributed by atoms with Crippen molar-refractivity contribution in [2.45, 2.75) is 38.5 Å².